The highest BCUT2D eigenvalue weighted by Crippen LogP contribution is 2.44. The standard InChI is InChI=1S/C38H38F7N5O6S/c1-36(2,3)55-35(51)50-22-6-7-23(50)18-48(17-22)33-26-9-8-25(30(41)32(26)46-34(47-33)54-19-37-11-4-12-49(37)16-21(39)15-37)27-14-24(56-57(52,53)38(43,44)45)13-20-5-10-28(40)31(42)29(20)27/h5,8-10,13-14,21-23H,4,6-7,11-12,15-19H2,1-3H3/t21-,22?,23?,37+/m1/s1. The molecule has 0 radical (unpaired) electrons. The molecule has 1 amide bonds. The Labute approximate surface area is 322 Å². The molecule has 57 heavy (non-hydrogen) atoms. The van der Waals surface area contributed by atoms with Gasteiger partial charge in [0.1, 0.15) is 35.5 Å². The van der Waals surface area contributed by atoms with Crippen molar-refractivity contribution in [2.75, 3.05) is 37.7 Å². The summed E-state index contributed by atoms with van der Waals surface area (Å²) in [6, 6.07) is 4.83. The van der Waals surface area contributed by atoms with Crippen molar-refractivity contribution in [3.05, 3.63) is 53.8 Å². The van der Waals surface area contributed by atoms with E-state index in [4.69, 9.17) is 14.5 Å². The Bertz CT molecular complexity index is 2380. The minimum atomic E-state index is -6.21. The van der Waals surface area contributed by atoms with Crippen LogP contribution >= 0.6 is 0 Å². The number of amides is 1. The molecule has 4 aliphatic rings. The van der Waals surface area contributed by atoms with Crippen molar-refractivity contribution in [2.45, 2.75) is 87.8 Å². The number of nitrogens with zero attached hydrogens (tertiary/aromatic N) is 5. The Morgan fingerprint density at radius 1 is 0.947 bits per heavy atom. The lowest BCUT2D eigenvalue weighted by Crippen LogP contribution is -2.57. The fraction of sp³-hybridized carbons (Fsp3) is 0.500. The number of alkyl halides is 4. The number of benzene rings is 3. The second-order valence-electron chi connectivity index (χ2n) is 16.1. The maximum atomic E-state index is 17.2. The van der Waals surface area contributed by atoms with E-state index in [1.807, 2.05) is 9.80 Å². The largest absolute Gasteiger partial charge is 0.534 e. The first-order valence-corrected chi connectivity index (χ1v) is 19.9. The molecule has 4 saturated heterocycles. The average Bonchev–Trinajstić information content (AvgIpc) is 3.74. The topological polar surface area (TPSA) is 114 Å². The molecular formula is C38H38F7N5O6S. The van der Waals surface area contributed by atoms with Crippen molar-refractivity contribution in [3.63, 3.8) is 0 Å². The third-order valence-electron chi connectivity index (χ3n) is 11.1. The summed E-state index contributed by atoms with van der Waals surface area (Å²) in [4.78, 5) is 27.9. The lowest BCUT2D eigenvalue weighted by molar-refractivity contribution is -0.0500. The van der Waals surface area contributed by atoms with Gasteiger partial charge in [-0.25, -0.2) is 22.4 Å². The molecule has 5 heterocycles. The molecule has 4 aliphatic heterocycles. The minimum Gasteiger partial charge on any atom is -0.461 e. The monoisotopic (exact) mass is 825 g/mol. The predicted molar refractivity (Wildman–Crippen MR) is 194 cm³/mol. The van der Waals surface area contributed by atoms with Gasteiger partial charge in [0, 0.05) is 42.4 Å². The van der Waals surface area contributed by atoms with E-state index in [-0.39, 0.29) is 72.9 Å². The first kappa shape index (κ1) is 39.2. The van der Waals surface area contributed by atoms with Gasteiger partial charge in [0.2, 0.25) is 0 Å². The van der Waals surface area contributed by atoms with Crippen LogP contribution < -0.4 is 13.8 Å². The van der Waals surface area contributed by atoms with E-state index < -0.39 is 78.7 Å². The molecule has 0 spiro atoms. The van der Waals surface area contributed by atoms with Crippen LogP contribution in [0, 0.1) is 17.5 Å². The normalized spacial score (nSPS) is 24.1. The van der Waals surface area contributed by atoms with Gasteiger partial charge in [-0.15, -0.1) is 0 Å². The Hall–Kier alpha value is -4.65. The summed E-state index contributed by atoms with van der Waals surface area (Å²) in [6.45, 7) is 6.76. The van der Waals surface area contributed by atoms with E-state index in [1.54, 1.807) is 25.7 Å². The first-order chi connectivity index (χ1) is 26.7. The summed E-state index contributed by atoms with van der Waals surface area (Å²) >= 11 is 0. The van der Waals surface area contributed by atoms with Gasteiger partial charge in [-0.2, -0.15) is 31.6 Å². The summed E-state index contributed by atoms with van der Waals surface area (Å²) in [5.74, 6) is -4.67. The van der Waals surface area contributed by atoms with Crippen LogP contribution in [0.2, 0.25) is 0 Å². The van der Waals surface area contributed by atoms with Gasteiger partial charge in [0.25, 0.3) is 0 Å². The molecule has 8 rings (SSSR count). The van der Waals surface area contributed by atoms with Crippen molar-refractivity contribution in [1.82, 2.24) is 19.8 Å². The van der Waals surface area contributed by atoms with Gasteiger partial charge in [-0.3, -0.25) is 9.80 Å². The average molecular weight is 826 g/mol. The van der Waals surface area contributed by atoms with Crippen LogP contribution in [0.3, 0.4) is 0 Å². The van der Waals surface area contributed by atoms with Gasteiger partial charge in [0.15, 0.2) is 17.5 Å². The lowest BCUT2D eigenvalue weighted by atomic mass is 9.95. The number of aromatic nitrogens is 2. The number of hydrogen-bond acceptors (Lipinski definition) is 10. The number of rotatable bonds is 7. The molecule has 11 nitrogen and oxygen atoms in total. The highest BCUT2D eigenvalue weighted by Gasteiger charge is 2.50. The zero-order valence-corrected chi connectivity index (χ0v) is 31.8. The van der Waals surface area contributed by atoms with Gasteiger partial charge in [0.05, 0.1) is 17.6 Å². The molecular weight excluding hydrogens is 788 g/mol. The van der Waals surface area contributed by atoms with E-state index in [0.717, 1.165) is 18.6 Å². The number of anilines is 1. The number of ether oxygens (including phenoxy) is 2. The molecule has 0 aliphatic carbocycles. The van der Waals surface area contributed by atoms with Crippen molar-refractivity contribution in [2.24, 2.45) is 0 Å². The van der Waals surface area contributed by atoms with E-state index in [9.17, 15) is 35.2 Å². The van der Waals surface area contributed by atoms with Crippen LogP contribution in [-0.2, 0) is 14.9 Å². The second-order valence-corrected chi connectivity index (χ2v) is 17.6. The highest BCUT2D eigenvalue weighted by molar-refractivity contribution is 7.88. The summed E-state index contributed by atoms with van der Waals surface area (Å²) in [7, 11) is -6.21. The van der Waals surface area contributed by atoms with Crippen LogP contribution in [0.5, 0.6) is 11.8 Å². The molecule has 4 atom stereocenters. The number of fused-ring (bicyclic) bond motifs is 5. The molecule has 2 bridgehead atoms. The quantitative estimate of drug-likeness (QED) is 0.105. The third-order valence-corrected chi connectivity index (χ3v) is 12.1. The lowest BCUT2D eigenvalue weighted by Gasteiger charge is -2.42. The minimum absolute atomic E-state index is 0.0143. The number of carbonyl (C=O) groups excluding carboxylic acids is 1. The maximum absolute atomic E-state index is 17.2. The van der Waals surface area contributed by atoms with Gasteiger partial charge >= 0.3 is 27.7 Å². The maximum Gasteiger partial charge on any atom is 0.534 e. The van der Waals surface area contributed by atoms with Gasteiger partial charge in [-0.05, 0) is 88.2 Å². The zero-order chi connectivity index (χ0) is 40.8. The van der Waals surface area contributed by atoms with Crippen LogP contribution in [0.15, 0.2) is 36.4 Å². The molecule has 3 aromatic carbocycles. The van der Waals surface area contributed by atoms with Crippen LogP contribution in [0.1, 0.15) is 52.9 Å². The predicted octanol–water partition coefficient (Wildman–Crippen LogP) is 7.64. The molecule has 306 valence electrons. The van der Waals surface area contributed by atoms with Crippen molar-refractivity contribution in [1.29, 1.82) is 0 Å². The van der Waals surface area contributed by atoms with E-state index in [1.165, 1.54) is 12.1 Å². The van der Waals surface area contributed by atoms with Gasteiger partial charge in [-0.1, -0.05) is 12.1 Å². The number of piperazine rings is 1. The molecule has 4 aromatic rings. The number of hydrogen-bond donors (Lipinski definition) is 0. The Kier molecular flexibility index (Phi) is 9.44. The SMILES string of the molecule is CC(C)(C)OC(=O)N1C2CCC1CN(c1nc(OC[C@@]34CCCN3C[C@H](F)C4)nc3c(F)c(-c4cc(OS(=O)(=O)C(F)(F)F)cc5ccc(F)c(F)c45)ccc13)C2. The first-order valence-electron chi connectivity index (χ1n) is 18.4. The molecule has 0 N–H and O–H groups in total. The van der Waals surface area contributed by atoms with E-state index in [2.05, 4.69) is 9.17 Å². The summed E-state index contributed by atoms with van der Waals surface area (Å²) in [5, 5.41) is -0.692. The fourth-order valence-corrected chi connectivity index (χ4v) is 9.22. The summed E-state index contributed by atoms with van der Waals surface area (Å²) in [6.07, 6.45) is 1.48. The summed E-state index contributed by atoms with van der Waals surface area (Å²) < 4.78 is 142. The molecule has 4 fully saturated rings. The van der Waals surface area contributed by atoms with Crippen LogP contribution in [0.4, 0.5) is 41.3 Å². The Balaban J connectivity index is 1.25. The smallest absolute Gasteiger partial charge is 0.461 e. The highest BCUT2D eigenvalue weighted by atomic mass is 32.2. The van der Waals surface area contributed by atoms with Crippen LogP contribution in [-0.4, -0.2) is 102 Å². The molecule has 1 aromatic heterocycles. The number of carbonyl (C=O) groups is 1. The number of halogens is 7. The van der Waals surface area contributed by atoms with Crippen molar-refractivity contribution < 1.29 is 57.6 Å². The molecule has 2 unspecified atom stereocenters. The van der Waals surface area contributed by atoms with Crippen molar-refractivity contribution >= 4 is 43.7 Å². The fourth-order valence-electron chi connectivity index (χ4n) is 8.78. The van der Waals surface area contributed by atoms with Crippen LogP contribution in [0.25, 0.3) is 32.8 Å². The molecule has 0 saturated carbocycles. The zero-order valence-electron chi connectivity index (χ0n) is 31.0. The van der Waals surface area contributed by atoms with E-state index >= 15 is 8.78 Å². The molecule has 19 heteroatoms. The Morgan fingerprint density at radius 3 is 2.35 bits per heavy atom. The third kappa shape index (κ3) is 7.03. The second kappa shape index (κ2) is 13.7. The summed E-state index contributed by atoms with van der Waals surface area (Å²) in [5.41, 5.74) is -8.55. The van der Waals surface area contributed by atoms with Gasteiger partial charge < -0.3 is 18.6 Å². The Morgan fingerprint density at radius 2 is 1.67 bits per heavy atom. The van der Waals surface area contributed by atoms with Crippen molar-refractivity contribution in [3.8, 4) is 22.9 Å². The van der Waals surface area contributed by atoms with E-state index in [0.29, 0.717) is 37.9 Å².